The van der Waals surface area contributed by atoms with Crippen LogP contribution in [0.2, 0.25) is 0 Å². The number of ether oxygens (including phenoxy) is 2. The lowest BCUT2D eigenvalue weighted by atomic mass is 10.2. The van der Waals surface area contributed by atoms with Gasteiger partial charge >= 0.3 is 18.0 Å². The van der Waals surface area contributed by atoms with Gasteiger partial charge in [-0.25, -0.2) is 9.59 Å². The number of carbonyl (C=O) groups excluding carboxylic acids is 2. The molecule has 1 amide bonds. The number of rotatable bonds is 6. The van der Waals surface area contributed by atoms with E-state index in [0.717, 1.165) is 12.5 Å². The highest BCUT2D eigenvalue weighted by Gasteiger charge is 2.21. The van der Waals surface area contributed by atoms with Gasteiger partial charge in [-0.15, -0.1) is 0 Å². The zero-order chi connectivity index (χ0) is 15.0. The van der Waals surface area contributed by atoms with E-state index in [1.54, 1.807) is 24.3 Å². The van der Waals surface area contributed by atoms with Gasteiger partial charge in [-0.05, 0) is 5.56 Å². The minimum absolute atomic E-state index is 0.0674. The van der Waals surface area contributed by atoms with Crippen LogP contribution in [0.4, 0.5) is 4.79 Å². The van der Waals surface area contributed by atoms with E-state index < -0.39 is 24.1 Å². The number of aliphatic carboxylic acids is 1. The van der Waals surface area contributed by atoms with E-state index in [9.17, 15) is 14.4 Å². The first-order valence-electron chi connectivity index (χ1n) is 5.83. The average Bonchev–Trinajstić information content (AvgIpc) is 2.41. The van der Waals surface area contributed by atoms with Crippen LogP contribution in [0.25, 0.3) is 0 Å². The number of carbonyl (C=O) groups is 3. The molecule has 1 rings (SSSR count). The van der Waals surface area contributed by atoms with Gasteiger partial charge in [0.25, 0.3) is 0 Å². The fraction of sp³-hybridized carbons (Fsp3) is 0.308. The predicted molar refractivity (Wildman–Crippen MR) is 67.8 cm³/mol. The maximum Gasteiger partial charge on any atom is 0.407 e. The third-order valence-electron chi connectivity index (χ3n) is 2.23. The van der Waals surface area contributed by atoms with Crippen molar-refractivity contribution in [1.29, 1.82) is 0 Å². The topological polar surface area (TPSA) is 102 Å². The predicted octanol–water partition coefficient (Wildman–Crippen LogP) is 0.929. The largest absolute Gasteiger partial charge is 0.478 e. The Morgan fingerprint density at radius 1 is 1.25 bits per heavy atom. The van der Waals surface area contributed by atoms with Crippen LogP contribution < -0.4 is 5.32 Å². The molecule has 1 unspecified atom stereocenters. The van der Waals surface area contributed by atoms with E-state index in [4.69, 9.17) is 9.84 Å². The molecular weight excluding hydrogens is 266 g/mol. The van der Waals surface area contributed by atoms with Gasteiger partial charge < -0.3 is 19.9 Å². The second-order valence-electron chi connectivity index (χ2n) is 3.88. The van der Waals surface area contributed by atoms with E-state index in [-0.39, 0.29) is 13.2 Å². The van der Waals surface area contributed by atoms with Crippen LogP contribution in [0, 0.1) is 0 Å². The summed E-state index contributed by atoms with van der Waals surface area (Å²) < 4.78 is 9.40. The Balaban J connectivity index is 2.34. The SMILES string of the molecule is CC(=O)OC(CNC(=O)OCc1ccccc1)C(=O)O. The van der Waals surface area contributed by atoms with Crippen LogP contribution in [-0.4, -0.2) is 35.8 Å². The van der Waals surface area contributed by atoms with Crippen molar-refractivity contribution in [3.05, 3.63) is 35.9 Å². The summed E-state index contributed by atoms with van der Waals surface area (Å²) >= 11 is 0. The fourth-order valence-electron chi connectivity index (χ4n) is 1.33. The van der Waals surface area contributed by atoms with E-state index in [2.05, 4.69) is 10.1 Å². The summed E-state index contributed by atoms with van der Waals surface area (Å²) in [7, 11) is 0. The van der Waals surface area contributed by atoms with Gasteiger partial charge in [0.05, 0.1) is 6.54 Å². The number of carboxylic acids is 1. The molecular formula is C13H15NO6. The Morgan fingerprint density at radius 3 is 2.45 bits per heavy atom. The van der Waals surface area contributed by atoms with E-state index in [1.165, 1.54) is 0 Å². The number of hydrogen-bond donors (Lipinski definition) is 2. The highest BCUT2D eigenvalue weighted by atomic mass is 16.6. The monoisotopic (exact) mass is 281 g/mol. The molecule has 108 valence electrons. The van der Waals surface area contributed by atoms with Crippen LogP contribution in [-0.2, 0) is 25.7 Å². The first-order chi connectivity index (χ1) is 9.49. The van der Waals surface area contributed by atoms with Gasteiger partial charge in [0, 0.05) is 6.92 Å². The van der Waals surface area contributed by atoms with E-state index >= 15 is 0 Å². The van der Waals surface area contributed by atoms with Crippen molar-refractivity contribution in [2.75, 3.05) is 6.54 Å². The molecule has 0 fully saturated rings. The Labute approximate surface area is 115 Å². The maximum absolute atomic E-state index is 11.4. The number of alkyl carbamates (subject to hydrolysis) is 1. The summed E-state index contributed by atoms with van der Waals surface area (Å²) in [5, 5.41) is 11.0. The van der Waals surface area contributed by atoms with Gasteiger partial charge in [0.2, 0.25) is 6.10 Å². The summed E-state index contributed by atoms with van der Waals surface area (Å²) in [6, 6.07) is 9.01. The Bertz CT molecular complexity index is 473. The minimum atomic E-state index is -1.43. The third-order valence-corrected chi connectivity index (χ3v) is 2.23. The summed E-state index contributed by atoms with van der Waals surface area (Å²) in [4.78, 5) is 32.8. The standard InChI is InChI=1S/C13H15NO6/c1-9(15)20-11(12(16)17)7-14-13(18)19-8-10-5-3-2-4-6-10/h2-6,11H,7-8H2,1H3,(H,14,18)(H,16,17). The first-order valence-corrected chi connectivity index (χ1v) is 5.83. The number of nitrogens with one attached hydrogen (secondary N) is 1. The second-order valence-corrected chi connectivity index (χ2v) is 3.88. The number of hydrogen-bond acceptors (Lipinski definition) is 5. The molecule has 0 aromatic heterocycles. The molecule has 1 aromatic rings. The highest BCUT2D eigenvalue weighted by Crippen LogP contribution is 2.00. The molecule has 0 saturated heterocycles. The number of benzene rings is 1. The Kier molecular flexibility index (Phi) is 6.02. The van der Waals surface area contributed by atoms with Crippen LogP contribution in [0.3, 0.4) is 0 Å². The molecule has 0 saturated carbocycles. The molecule has 2 N–H and O–H groups in total. The summed E-state index contributed by atoms with van der Waals surface area (Å²) in [5.41, 5.74) is 0.803. The molecule has 7 nitrogen and oxygen atoms in total. The number of amides is 1. The number of carboxylic acid groups (broad SMARTS) is 1. The minimum Gasteiger partial charge on any atom is -0.478 e. The molecule has 7 heteroatoms. The average molecular weight is 281 g/mol. The zero-order valence-electron chi connectivity index (χ0n) is 10.9. The quantitative estimate of drug-likeness (QED) is 0.752. The van der Waals surface area contributed by atoms with E-state index in [0.29, 0.717) is 0 Å². The van der Waals surface area contributed by atoms with Gasteiger partial charge in [0.15, 0.2) is 0 Å². The van der Waals surface area contributed by atoms with Gasteiger partial charge in [0.1, 0.15) is 6.61 Å². The zero-order valence-corrected chi connectivity index (χ0v) is 10.9. The van der Waals surface area contributed by atoms with Gasteiger partial charge in [-0.2, -0.15) is 0 Å². The highest BCUT2D eigenvalue weighted by molar-refractivity contribution is 5.78. The molecule has 0 bridgehead atoms. The maximum atomic E-state index is 11.4. The van der Waals surface area contributed by atoms with E-state index in [1.807, 2.05) is 6.07 Å². The molecule has 0 aliphatic heterocycles. The normalized spacial score (nSPS) is 11.2. The van der Waals surface area contributed by atoms with Crippen molar-refractivity contribution in [2.24, 2.45) is 0 Å². The molecule has 0 spiro atoms. The lowest BCUT2D eigenvalue weighted by Gasteiger charge is -2.13. The Morgan fingerprint density at radius 2 is 1.90 bits per heavy atom. The first kappa shape index (κ1) is 15.5. The van der Waals surface area contributed by atoms with Crippen molar-refractivity contribution in [1.82, 2.24) is 5.32 Å². The molecule has 1 aromatic carbocycles. The van der Waals surface area contributed by atoms with Crippen LogP contribution >= 0.6 is 0 Å². The van der Waals surface area contributed by atoms with Crippen molar-refractivity contribution >= 4 is 18.0 Å². The second kappa shape index (κ2) is 7.78. The van der Waals surface area contributed by atoms with Crippen molar-refractivity contribution in [3.8, 4) is 0 Å². The van der Waals surface area contributed by atoms with Crippen molar-refractivity contribution in [2.45, 2.75) is 19.6 Å². The number of esters is 1. The van der Waals surface area contributed by atoms with Gasteiger partial charge in [-0.1, -0.05) is 30.3 Å². The Hall–Kier alpha value is -2.57. The molecule has 1 atom stereocenters. The van der Waals surface area contributed by atoms with Crippen LogP contribution in [0.1, 0.15) is 12.5 Å². The van der Waals surface area contributed by atoms with Gasteiger partial charge in [-0.3, -0.25) is 4.79 Å². The summed E-state index contributed by atoms with van der Waals surface area (Å²) in [5.74, 6) is -2.08. The molecule has 20 heavy (non-hydrogen) atoms. The van der Waals surface area contributed by atoms with Crippen LogP contribution in [0.15, 0.2) is 30.3 Å². The molecule has 0 aliphatic carbocycles. The van der Waals surface area contributed by atoms with Crippen molar-refractivity contribution < 1.29 is 29.0 Å². The fourth-order valence-corrected chi connectivity index (χ4v) is 1.33. The molecule has 0 aliphatic rings. The van der Waals surface area contributed by atoms with Crippen LogP contribution in [0.5, 0.6) is 0 Å². The lowest BCUT2D eigenvalue weighted by molar-refractivity contribution is -0.162. The summed E-state index contributed by atoms with van der Waals surface area (Å²) in [6.07, 6.45) is -2.22. The van der Waals surface area contributed by atoms with Crippen molar-refractivity contribution in [3.63, 3.8) is 0 Å². The lowest BCUT2D eigenvalue weighted by Crippen LogP contribution is -2.39. The molecule has 0 radical (unpaired) electrons. The summed E-state index contributed by atoms with van der Waals surface area (Å²) in [6.45, 7) is 0.796. The third kappa shape index (κ3) is 5.85. The smallest absolute Gasteiger partial charge is 0.407 e. The molecule has 0 heterocycles.